The molecule has 6 nitrogen and oxygen atoms in total. The summed E-state index contributed by atoms with van der Waals surface area (Å²) in [6, 6.07) is 6.06. The molecule has 0 fully saturated rings. The molecule has 0 radical (unpaired) electrons. The molecule has 1 aromatic heterocycles. The molecule has 1 heterocycles. The van der Waals surface area contributed by atoms with Gasteiger partial charge < -0.3 is 9.84 Å². The average molecular weight is 330 g/mol. The molecule has 2 aromatic rings. The smallest absolute Gasteiger partial charge is 0.243 e. The summed E-state index contributed by atoms with van der Waals surface area (Å²) >= 11 is 0. The second-order valence-electron chi connectivity index (χ2n) is 6.10. The van der Waals surface area contributed by atoms with Gasteiger partial charge in [0, 0.05) is 18.7 Å². The molecular weight excluding hydrogens is 304 g/mol. The predicted molar refractivity (Wildman–Crippen MR) is 93.9 cm³/mol. The predicted octanol–water partition coefficient (Wildman–Crippen LogP) is 3.27. The van der Waals surface area contributed by atoms with E-state index in [2.05, 4.69) is 28.4 Å². The minimum Gasteiger partial charge on any atom is -0.338 e. The van der Waals surface area contributed by atoms with Crippen LogP contribution in [-0.2, 0) is 11.2 Å². The maximum absolute atomic E-state index is 12.3. The summed E-state index contributed by atoms with van der Waals surface area (Å²) in [5.41, 5.74) is 3.19. The van der Waals surface area contributed by atoms with Crippen LogP contribution in [0.5, 0.6) is 0 Å². The van der Waals surface area contributed by atoms with Crippen LogP contribution in [0.2, 0.25) is 0 Å². The number of carbonyl (C=O) groups is 1. The van der Waals surface area contributed by atoms with Crippen LogP contribution in [-0.4, -0.2) is 34.5 Å². The molecule has 0 aliphatic heterocycles. The zero-order valence-electron chi connectivity index (χ0n) is 15.1. The Kier molecular flexibility index (Phi) is 6.09. The summed E-state index contributed by atoms with van der Waals surface area (Å²) in [6.45, 7) is 8.50. The number of hydrogen-bond donors (Lipinski definition) is 1. The monoisotopic (exact) mass is 330 g/mol. The van der Waals surface area contributed by atoms with Gasteiger partial charge in [0.05, 0.1) is 6.04 Å². The minimum absolute atomic E-state index is 0.0137. The number of nitrogens with one attached hydrogen (secondary N) is 1. The van der Waals surface area contributed by atoms with Crippen molar-refractivity contribution < 1.29 is 9.32 Å². The number of anilines is 1. The van der Waals surface area contributed by atoms with Crippen LogP contribution in [0.1, 0.15) is 49.2 Å². The van der Waals surface area contributed by atoms with Crippen molar-refractivity contribution in [1.29, 1.82) is 0 Å². The van der Waals surface area contributed by atoms with Gasteiger partial charge in [0.15, 0.2) is 5.82 Å². The van der Waals surface area contributed by atoms with E-state index >= 15 is 0 Å². The van der Waals surface area contributed by atoms with Crippen LogP contribution < -0.4 is 5.32 Å². The van der Waals surface area contributed by atoms with Gasteiger partial charge in [-0.05, 0) is 45.4 Å². The van der Waals surface area contributed by atoms with Crippen LogP contribution >= 0.6 is 0 Å². The molecule has 0 aliphatic carbocycles. The van der Waals surface area contributed by atoms with Gasteiger partial charge in [-0.2, -0.15) is 4.98 Å². The number of aromatic nitrogens is 2. The first kappa shape index (κ1) is 18.1. The highest BCUT2D eigenvalue weighted by Gasteiger charge is 2.18. The lowest BCUT2D eigenvalue weighted by molar-refractivity contribution is -0.116. The Morgan fingerprint density at radius 1 is 1.38 bits per heavy atom. The molecule has 1 aromatic carbocycles. The third kappa shape index (κ3) is 4.41. The fourth-order valence-electron chi connectivity index (χ4n) is 2.55. The number of rotatable bonds is 7. The van der Waals surface area contributed by atoms with Crippen molar-refractivity contribution in [3.8, 4) is 0 Å². The first-order valence-corrected chi connectivity index (χ1v) is 8.31. The molecule has 2 rings (SSSR count). The molecule has 1 N–H and O–H groups in total. The van der Waals surface area contributed by atoms with Gasteiger partial charge in [-0.3, -0.25) is 9.69 Å². The minimum atomic E-state index is -0.0244. The molecule has 0 bridgehead atoms. The summed E-state index contributed by atoms with van der Waals surface area (Å²) in [6.07, 6.45) is 1.30. The average Bonchev–Trinajstić information content (AvgIpc) is 3.00. The quantitative estimate of drug-likeness (QED) is 0.843. The van der Waals surface area contributed by atoms with E-state index in [1.54, 1.807) is 6.92 Å². The van der Waals surface area contributed by atoms with Gasteiger partial charge in [0.1, 0.15) is 0 Å². The molecule has 6 heteroatoms. The van der Waals surface area contributed by atoms with E-state index in [1.165, 1.54) is 0 Å². The number of carbonyl (C=O) groups excluding carboxylic acids is 1. The second kappa shape index (κ2) is 8.06. The van der Waals surface area contributed by atoms with Gasteiger partial charge >= 0.3 is 0 Å². The number of amides is 1. The highest BCUT2D eigenvalue weighted by Crippen LogP contribution is 2.21. The maximum atomic E-state index is 12.3. The standard InChI is InChI=1S/C18H26N4O2/c1-6-15-9-7-8-12(2)17(15)20-16(23)10-11-22(5)13(3)18-19-14(4)21-24-18/h7-9,13H,6,10-11H2,1-5H3,(H,20,23)/t13-/m0/s1. The van der Waals surface area contributed by atoms with Crippen molar-refractivity contribution in [3.05, 3.63) is 41.0 Å². The van der Waals surface area contributed by atoms with E-state index in [1.807, 2.05) is 37.9 Å². The SMILES string of the molecule is CCc1cccc(C)c1NC(=O)CCN(C)[C@@H](C)c1nc(C)no1. The van der Waals surface area contributed by atoms with E-state index in [-0.39, 0.29) is 11.9 Å². The van der Waals surface area contributed by atoms with E-state index in [0.717, 1.165) is 23.2 Å². The molecule has 0 unspecified atom stereocenters. The molecule has 1 amide bonds. The van der Waals surface area contributed by atoms with E-state index < -0.39 is 0 Å². The van der Waals surface area contributed by atoms with Crippen molar-refractivity contribution in [2.45, 2.75) is 46.6 Å². The van der Waals surface area contributed by atoms with E-state index in [0.29, 0.717) is 24.7 Å². The Hall–Kier alpha value is -2.21. The fourth-order valence-corrected chi connectivity index (χ4v) is 2.55. The fraction of sp³-hybridized carbons (Fsp3) is 0.500. The summed E-state index contributed by atoms with van der Waals surface area (Å²) in [7, 11) is 1.95. The van der Waals surface area contributed by atoms with Crippen molar-refractivity contribution in [2.24, 2.45) is 0 Å². The van der Waals surface area contributed by atoms with E-state index in [4.69, 9.17) is 4.52 Å². The Morgan fingerprint density at radius 2 is 2.12 bits per heavy atom. The van der Waals surface area contributed by atoms with Crippen LogP contribution in [0.25, 0.3) is 0 Å². The molecule has 130 valence electrons. The van der Waals surface area contributed by atoms with Crippen molar-refractivity contribution in [2.75, 3.05) is 18.9 Å². The lowest BCUT2D eigenvalue weighted by atomic mass is 10.1. The normalized spacial score (nSPS) is 12.4. The number of benzene rings is 1. The lowest BCUT2D eigenvalue weighted by Gasteiger charge is -2.21. The van der Waals surface area contributed by atoms with Gasteiger partial charge in [0.2, 0.25) is 11.8 Å². The Balaban J connectivity index is 1.91. The van der Waals surface area contributed by atoms with Gasteiger partial charge in [-0.1, -0.05) is 30.3 Å². The Bertz CT molecular complexity index is 696. The topological polar surface area (TPSA) is 71.3 Å². The molecule has 0 aliphatic rings. The number of nitrogens with zero attached hydrogens (tertiary/aromatic N) is 3. The lowest BCUT2D eigenvalue weighted by Crippen LogP contribution is -2.27. The molecule has 0 spiro atoms. The van der Waals surface area contributed by atoms with Gasteiger partial charge in [0.25, 0.3) is 0 Å². The number of para-hydroxylation sites is 1. The molecule has 0 saturated carbocycles. The highest BCUT2D eigenvalue weighted by molar-refractivity contribution is 5.92. The molecule has 1 atom stereocenters. The number of hydrogen-bond acceptors (Lipinski definition) is 5. The van der Waals surface area contributed by atoms with Crippen molar-refractivity contribution >= 4 is 11.6 Å². The zero-order valence-corrected chi connectivity index (χ0v) is 15.1. The Labute approximate surface area is 143 Å². The van der Waals surface area contributed by atoms with Crippen molar-refractivity contribution in [3.63, 3.8) is 0 Å². The highest BCUT2D eigenvalue weighted by atomic mass is 16.5. The Morgan fingerprint density at radius 3 is 2.75 bits per heavy atom. The summed E-state index contributed by atoms with van der Waals surface area (Å²) < 4.78 is 5.19. The largest absolute Gasteiger partial charge is 0.338 e. The van der Waals surface area contributed by atoms with Crippen LogP contribution in [0.15, 0.2) is 22.7 Å². The summed E-state index contributed by atoms with van der Waals surface area (Å²) in [5.74, 6) is 1.21. The number of aryl methyl sites for hydroxylation is 3. The molecule has 24 heavy (non-hydrogen) atoms. The van der Waals surface area contributed by atoms with Crippen LogP contribution in [0.4, 0.5) is 5.69 Å². The first-order chi connectivity index (χ1) is 11.4. The van der Waals surface area contributed by atoms with Gasteiger partial charge in [-0.15, -0.1) is 0 Å². The molecular formula is C18H26N4O2. The zero-order chi connectivity index (χ0) is 17.7. The van der Waals surface area contributed by atoms with Crippen LogP contribution in [0.3, 0.4) is 0 Å². The third-order valence-electron chi connectivity index (χ3n) is 4.26. The maximum Gasteiger partial charge on any atom is 0.243 e. The first-order valence-electron chi connectivity index (χ1n) is 8.31. The second-order valence-corrected chi connectivity index (χ2v) is 6.10. The summed E-state index contributed by atoms with van der Waals surface area (Å²) in [5, 5.41) is 6.86. The summed E-state index contributed by atoms with van der Waals surface area (Å²) in [4.78, 5) is 18.6. The van der Waals surface area contributed by atoms with E-state index in [9.17, 15) is 4.79 Å². The van der Waals surface area contributed by atoms with Gasteiger partial charge in [-0.25, -0.2) is 0 Å². The van der Waals surface area contributed by atoms with Crippen molar-refractivity contribution in [1.82, 2.24) is 15.0 Å². The van der Waals surface area contributed by atoms with Crippen LogP contribution in [0, 0.1) is 13.8 Å². The third-order valence-corrected chi connectivity index (χ3v) is 4.26. The molecule has 0 saturated heterocycles.